The van der Waals surface area contributed by atoms with Crippen molar-refractivity contribution in [2.45, 2.75) is 13.5 Å². The molecule has 0 fully saturated rings. The van der Waals surface area contributed by atoms with Crippen molar-refractivity contribution >= 4 is 16.8 Å². The fraction of sp³-hybridized carbons (Fsp3) is 0.167. The molecule has 2 rings (SSSR count). The summed E-state index contributed by atoms with van der Waals surface area (Å²) in [7, 11) is 0. The van der Waals surface area contributed by atoms with Gasteiger partial charge in [0.05, 0.1) is 5.52 Å². The summed E-state index contributed by atoms with van der Waals surface area (Å²) in [6, 6.07) is 6.83. The molecule has 1 aromatic heterocycles. The molecule has 0 aliphatic heterocycles. The maximum absolute atomic E-state index is 12.1. The molecule has 0 atom stereocenters. The van der Waals surface area contributed by atoms with Gasteiger partial charge < -0.3 is 9.67 Å². The lowest BCUT2D eigenvalue weighted by Gasteiger charge is -2.12. The Kier molecular flexibility index (Phi) is 3.03. The number of pyridine rings is 1. The molecule has 1 aromatic carbocycles. The zero-order valence-electron chi connectivity index (χ0n) is 9.80. The van der Waals surface area contributed by atoms with E-state index in [1.165, 1.54) is 4.57 Å². The van der Waals surface area contributed by atoms with E-state index in [1.807, 2.05) is 5.43 Å². The van der Waals surface area contributed by atoms with E-state index in [-0.39, 0.29) is 11.3 Å². The zero-order chi connectivity index (χ0) is 13.3. The number of carbonyl (C=O) groups excluding carboxylic acids is 1. The van der Waals surface area contributed by atoms with Crippen molar-refractivity contribution in [1.29, 1.82) is 0 Å². The smallest absolute Gasteiger partial charge is 0.274 e. The van der Waals surface area contributed by atoms with Gasteiger partial charge in [-0.15, -0.1) is 0 Å². The molecule has 0 spiro atoms. The number of carbonyl (C=O) groups is 1. The second-order valence-corrected chi connectivity index (χ2v) is 3.76. The van der Waals surface area contributed by atoms with Crippen molar-refractivity contribution in [3.63, 3.8) is 0 Å². The number of hydrogen-bond acceptors (Lipinski definition) is 4. The Balaban J connectivity index is 2.97. The van der Waals surface area contributed by atoms with Crippen LogP contribution in [0.4, 0.5) is 0 Å². The summed E-state index contributed by atoms with van der Waals surface area (Å²) in [5.41, 5.74) is 1.55. The SMILES string of the molecule is CCn1c(=O)c(C(=O)NN)c(O)c2ccccc21. The molecule has 2 aromatic rings. The van der Waals surface area contributed by atoms with Crippen molar-refractivity contribution in [3.05, 3.63) is 40.2 Å². The van der Waals surface area contributed by atoms with Crippen molar-refractivity contribution in [3.8, 4) is 5.75 Å². The number of hydrogen-bond donors (Lipinski definition) is 3. The molecule has 4 N–H and O–H groups in total. The standard InChI is InChI=1S/C12H13N3O3/c1-2-15-8-6-4-3-5-7(8)10(16)9(12(15)18)11(17)14-13/h3-6,16H,2,13H2,1H3,(H,14,17). The predicted molar refractivity (Wildman–Crippen MR) is 67.2 cm³/mol. The van der Waals surface area contributed by atoms with Crippen LogP contribution in [0.3, 0.4) is 0 Å². The lowest BCUT2D eigenvalue weighted by atomic mass is 10.1. The molecule has 94 valence electrons. The van der Waals surface area contributed by atoms with Gasteiger partial charge in [0.25, 0.3) is 11.5 Å². The molecule has 1 amide bonds. The molecule has 0 unspecified atom stereocenters. The first-order chi connectivity index (χ1) is 8.61. The number of aromatic hydroxyl groups is 1. The second-order valence-electron chi connectivity index (χ2n) is 3.76. The number of fused-ring (bicyclic) bond motifs is 1. The number of hydrazine groups is 1. The van der Waals surface area contributed by atoms with Crippen molar-refractivity contribution in [2.24, 2.45) is 5.84 Å². The van der Waals surface area contributed by atoms with Gasteiger partial charge in [0, 0.05) is 11.9 Å². The molecule has 0 aliphatic carbocycles. The summed E-state index contributed by atoms with van der Waals surface area (Å²) in [5, 5.41) is 10.5. The minimum absolute atomic E-state index is 0.335. The molecule has 0 saturated heterocycles. The van der Waals surface area contributed by atoms with Crippen LogP contribution in [-0.2, 0) is 6.54 Å². The van der Waals surface area contributed by atoms with E-state index in [4.69, 9.17) is 5.84 Å². The van der Waals surface area contributed by atoms with Gasteiger partial charge in [-0.05, 0) is 19.1 Å². The van der Waals surface area contributed by atoms with Crippen LogP contribution < -0.4 is 16.8 Å². The van der Waals surface area contributed by atoms with Crippen molar-refractivity contribution in [1.82, 2.24) is 9.99 Å². The quantitative estimate of drug-likeness (QED) is 0.404. The number of amides is 1. The summed E-state index contributed by atoms with van der Waals surface area (Å²) in [6.07, 6.45) is 0. The number of nitrogens with two attached hydrogens (primary N) is 1. The highest BCUT2D eigenvalue weighted by Crippen LogP contribution is 2.25. The fourth-order valence-corrected chi connectivity index (χ4v) is 1.98. The molecule has 6 heteroatoms. The summed E-state index contributed by atoms with van der Waals surface area (Å²) in [6.45, 7) is 2.18. The van der Waals surface area contributed by atoms with Gasteiger partial charge in [-0.25, -0.2) is 5.84 Å². The van der Waals surface area contributed by atoms with Crippen LogP contribution in [0.2, 0.25) is 0 Å². The molecular formula is C12H13N3O3. The van der Waals surface area contributed by atoms with Crippen LogP contribution in [-0.4, -0.2) is 15.6 Å². The van der Waals surface area contributed by atoms with Crippen LogP contribution in [0, 0.1) is 0 Å². The number of aromatic nitrogens is 1. The van der Waals surface area contributed by atoms with E-state index in [2.05, 4.69) is 0 Å². The molecular weight excluding hydrogens is 234 g/mol. The summed E-state index contributed by atoms with van der Waals surface area (Å²) in [4.78, 5) is 23.7. The van der Waals surface area contributed by atoms with E-state index in [0.717, 1.165) is 0 Å². The maximum atomic E-state index is 12.1. The first-order valence-electron chi connectivity index (χ1n) is 5.47. The van der Waals surface area contributed by atoms with Gasteiger partial charge >= 0.3 is 0 Å². The number of nitrogen functional groups attached to an aromatic ring is 1. The van der Waals surface area contributed by atoms with E-state index in [0.29, 0.717) is 17.4 Å². The Hall–Kier alpha value is -2.34. The Morgan fingerprint density at radius 3 is 2.72 bits per heavy atom. The number of rotatable bonds is 2. The highest BCUT2D eigenvalue weighted by molar-refractivity contribution is 6.01. The molecule has 18 heavy (non-hydrogen) atoms. The van der Waals surface area contributed by atoms with Gasteiger partial charge in [-0.2, -0.15) is 0 Å². The molecule has 0 aliphatic rings. The maximum Gasteiger partial charge on any atom is 0.274 e. The predicted octanol–water partition coefficient (Wildman–Crippen LogP) is 0.330. The minimum atomic E-state index is -0.801. The normalized spacial score (nSPS) is 10.6. The molecule has 0 radical (unpaired) electrons. The topological polar surface area (TPSA) is 97.4 Å². The lowest BCUT2D eigenvalue weighted by molar-refractivity contribution is 0.0949. The number of benzene rings is 1. The third kappa shape index (κ3) is 1.63. The van der Waals surface area contributed by atoms with Crippen LogP contribution in [0.25, 0.3) is 10.9 Å². The van der Waals surface area contributed by atoms with Gasteiger partial charge in [0.2, 0.25) is 0 Å². The van der Waals surface area contributed by atoms with Crippen LogP contribution >= 0.6 is 0 Å². The molecule has 0 saturated carbocycles. The van der Waals surface area contributed by atoms with Gasteiger partial charge in [-0.1, -0.05) is 12.1 Å². The first-order valence-corrected chi connectivity index (χ1v) is 5.47. The van der Waals surface area contributed by atoms with Crippen LogP contribution in [0.5, 0.6) is 5.75 Å². The van der Waals surface area contributed by atoms with Crippen molar-refractivity contribution in [2.75, 3.05) is 0 Å². The van der Waals surface area contributed by atoms with E-state index in [1.54, 1.807) is 31.2 Å². The average molecular weight is 247 g/mol. The van der Waals surface area contributed by atoms with Crippen LogP contribution in [0.1, 0.15) is 17.3 Å². The molecule has 0 bridgehead atoms. The zero-order valence-corrected chi connectivity index (χ0v) is 9.80. The minimum Gasteiger partial charge on any atom is -0.506 e. The lowest BCUT2D eigenvalue weighted by Crippen LogP contribution is -2.36. The summed E-state index contributed by atoms with van der Waals surface area (Å²) < 4.78 is 1.42. The third-order valence-electron chi connectivity index (χ3n) is 2.82. The molecule has 1 heterocycles. The second kappa shape index (κ2) is 4.50. The van der Waals surface area contributed by atoms with E-state index in [9.17, 15) is 14.7 Å². The van der Waals surface area contributed by atoms with E-state index < -0.39 is 11.5 Å². The number of para-hydroxylation sites is 1. The summed E-state index contributed by atoms with van der Waals surface area (Å²) >= 11 is 0. The number of nitrogens with one attached hydrogen (secondary N) is 1. The number of nitrogens with zero attached hydrogens (tertiary/aromatic N) is 1. The fourth-order valence-electron chi connectivity index (χ4n) is 1.98. The van der Waals surface area contributed by atoms with Gasteiger partial charge in [0.15, 0.2) is 0 Å². The monoisotopic (exact) mass is 247 g/mol. The average Bonchev–Trinajstić information content (AvgIpc) is 2.39. The third-order valence-corrected chi connectivity index (χ3v) is 2.82. The Morgan fingerprint density at radius 2 is 2.11 bits per heavy atom. The summed E-state index contributed by atoms with van der Waals surface area (Å²) in [5.74, 6) is 3.87. The van der Waals surface area contributed by atoms with Gasteiger partial charge in [0.1, 0.15) is 11.3 Å². The van der Waals surface area contributed by atoms with Crippen molar-refractivity contribution < 1.29 is 9.90 Å². The Bertz CT molecular complexity index is 676. The first kappa shape index (κ1) is 12.1. The Morgan fingerprint density at radius 1 is 1.44 bits per heavy atom. The van der Waals surface area contributed by atoms with Gasteiger partial charge in [-0.3, -0.25) is 15.0 Å². The number of aryl methyl sites for hydroxylation is 1. The highest BCUT2D eigenvalue weighted by Gasteiger charge is 2.20. The largest absolute Gasteiger partial charge is 0.506 e. The van der Waals surface area contributed by atoms with E-state index >= 15 is 0 Å². The highest BCUT2D eigenvalue weighted by atomic mass is 16.3. The Labute approximate surface area is 103 Å². The molecule has 6 nitrogen and oxygen atoms in total. The van der Waals surface area contributed by atoms with Crippen LogP contribution in [0.15, 0.2) is 29.1 Å².